The van der Waals surface area contributed by atoms with Crippen LogP contribution in [0.3, 0.4) is 0 Å². The van der Waals surface area contributed by atoms with Crippen LogP contribution in [-0.2, 0) is 0 Å². The third kappa shape index (κ3) is 2.41. The van der Waals surface area contributed by atoms with E-state index in [0.29, 0.717) is 0 Å². The highest BCUT2D eigenvalue weighted by atomic mass is 14.9. The molecule has 0 aromatic heterocycles. The zero-order valence-electron chi connectivity index (χ0n) is 6.61. The lowest BCUT2D eigenvalue weighted by molar-refractivity contribution is 0.602. The predicted octanol–water partition coefficient (Wildman–Crippen LogP) is 1.40. The van der Waals surface area contributed by atoms with Gasteiger partial charge in [0.05, 0.1) is 0 Å². The van der Waals surface area contributed by atoms with Crippen molar-refractivity contribution in [3.63, 3.8) is 0 Å². The summed E-state index contributed by atoms with van der Waals surface area (Å²) in [5.41, 5.74) is 0. The van der Waals surface area contributed by atoms with Gasteiger partial charge in [-0.2, -0.15) is 0 Å². The summed E-state index contributed by atoms with van der Waals surface area (Å²) in [6.07, 6.45) is 3.42. The van der Waals surface area contributed by atoms with E-state index in [0.717, 1.165) is 18.8 Å². The molecule has 1 heteroatoms. The van der Waals surface area contributed by atoms with E-state index in [9.17, 15) is 0 Å². The Morgan fingerprint density at radius 1 is 1.50 bits per heavy atom. The average Bonchev–Trinajstić information content (AvgIpc) is 2.41. The van der Waals surface area contributed by atoms with E-state index in [4.69, 9.17) is 0 Å². The molecule has 1 nitrogen and oxygen atoms in total. The van der Waals surface area contributed by atoms with Gasteiger partial charge in [0.15, 0.2) is 0 Å². The van der Waals surface area contributed by atoms with Gasteiger partial charge in [-0.15, -0.1) is 11.8 Å². The average molecular weight is 137 g/mol. The van der Waals surface area contributed by atoms with Gasteiger partial charge in [0.2, 0.25) is 0 Å². The fourth-order valence-electron chi connectivity index (χ4n) is 1.23. The Bertz CT molecular complexity index is 135. The van der Waals surface area contributed by atoms with Crippen molar-refractivity contribution in [3.05, 3.63) is 0 Å². The quantitative estimate of drug-likeness (QED) is 0.539. The summed E-state index contributed by atoms with van der Waals surface area (Å²) in [4.78, 5) is 0. The molecular weight excluding hydrogens is 122 g/mol. The van der Waals surface area contributed by atoms with E-state index in [1.807, 2.05) is 0 Å². The number of hydrogen-bond donors (Lipinski definition) is 1. The van der Waals surface area contributed by atoms with Crippen molar-refractivity contribution in [2.75, 3.05) is 13.1 Å². The highest BCUT2D eigenvalue weighted by Gasteiger charge is 2.11. The molecule has 0 radical (unpaired) electrons. The van der Waals surface area contributed by atoms with Gasteiger partial charge >= 0.3 is 0 Å². The molecule has 0 amide bonds. The minimum Gasteiger partial charge on any atom is -0.316 e. The normalized spacial score (nSPS) is 23.9. The molecule has 0 saturated carbocycles. The van der Waals surface area contributed by atoms with Crippen molar-refractivity contribution in [1.29, 1.82) is 0 Å². The van der Waals surface area contributed by atoms with Gasteiger partial charge < -0.3 is 5.32 Å². The third-order valence-electron chi connectivity index (χ3n) is 1.85. The Kier molecular flexibility index (Phi) is 3.32. The molecule has 1 saturated heterocycles. The Labute approximate surface area is 63.2 Å². The van der Waals surface area contributed by atoms with Crippen LogP contribution in [-0.4, -0.2) is 13.1 Å². The molecule has 1 rings (SSSR count). The summed E-state index contributed by atoms with van der Waals surface area (Å²) in [6, 6.07) is 0. The van der Waals surface area contributed by atoms with E-state index in [1.165, 1.54) is 19.5 Å². The van der Waals surface area contributed by atoms with Crippen LogP contribution >= 0.6 is 0 Å². The summed E-state index contributed by atoms with van der Waals surface area (Å²) < 4.78 is 0. The first-order valence-electron chi connectivity index (χ1n) is 4.10. The molecule has 0 aromatic carbocycles. The van der Waals surface area contributed by atoms with Gasteiger partial charge in [0.1, 0.15) is 0 Å². The van der Waals surface area contributed by atoms with Crippen molar-refractivity contribution in [2.24, 2.45) is 5.92 Å². The first-order chi connectivity index (χ1) is 4.93. The maximum Gasteiger partial charge on any atom is 0.0130 e. The zero-order valence-corrected chi connectivity index (χ0v) is 6.61. The Morgan fingerprint density at radius 3 is 3.00 bits per heavy atom. The third-order valence-corrected chi connectivity index (χ3v) is 1.85. The zero-order chi connectivity index (χ0) is 7.23. The molecule has 1 N–H and O–H groups in total. The molecule has 1 fully saturated rings. The van der Waals surface area contributed by atoms with E-state index >= 15 is 0 Å². The topological polar surface area (TPSA) is 12.0 Å². The number of hydrogen-bond acceptors (Lipinski definition) is 1. The maximum absolute atomic E-state index is 3.33. The van der Waals surface area contributed by atoms with Crippen LogP contribution in [0.25, 0.3) is 0 Å². The highest BCUT2D eigenvalue weighted by molar-refractivity contribution is 4.99. The van der Waals surface area contributed by atoms with E-state index < -0.39 is 0 Å². The molecule has 1 unspecified atom stereocenters. The van der Waals surface area contributed by atoms with Gasteiger partial charge in [-0.3, -0.25) is 0 Å². The summed E-state index contributed by atoms with van der Waals surface area (Å²) >= 11 is 0. The van der Waals surface area contributed by atoms with Gasteiger partial charge in [0.25, 0.3) is 0 Å². The Hall–Kier alpha value is -0.480. The molecule has 0 bridgehead atoms. The molecule has 1 heterocycles. The molecule has 0 aromatic rings. The van der Waals surface area contributed by atoms with Crippen LogP contribution in [0.15, 0.2) is 0 Å². The van der Waals surface area contributed by atoms with E-state index in [-0.39, 0.29) is 0 Å². The van der Waals surface area contributed by atoms with E-state index in [2.05, 4.69) is 24.1 Å². The second-order valence-corrected chi connectivity index (χ2v) is 2.77. The lowest BCUT2D eigenvalue weighted by Gasteiger charge is -1.99. The highest BCUT2D eigenvalue weighted by Crippen LogP contribution is 2.10. The lowest BCUT2D eigenvalue weighted by atomic mass is 10.1. The molecular formula is C9H15N. The van der Waals surface area contributed by atoms with Crippen molar-refractivity contribution in [1.82, 2.24) is 5.32 Å². The summed E-state index contributed by atoms with van der Waals surface area (Å²) in [7, 11) is 0. The standard InChI is InChI=1S/C9H15N/c1-2-3-4-5-9-6-7-10-8-9/h9-10H,2,5-8H2,1H3. The van der Waals surface area contributed by atoms with Crippen LogP contribution in [0.4, 0.5) is 0 Å². The summed E-state index contributed by atoms with van der Waals surface area (Å²) in [5, 5.41) is 3.33. The second kappa shape index (κ2) is 4.35. The minimum absolute atomic E-state index is 0.832. The van der Waals surface area contributed by atoms with Gasteiger partial charge in [0, 0.05) is 12.8 Å². The first-order valence-corrected chi connectivity index (χ1v) is 4.10. The van der Waals surface area contributed by atoms with E-state index in [1.54, 1.807) is 0 Å². The minimum atomic E-state index is 0.832. The van der Waals surface area contributed by atoms with Crippen LogP contribution < -0.4 is 5.32 Å². The Balaban J connectivity index is 2.12. The van der Waals surface area contributed by atoms with Crippen LogP contribution in [0.5, 0.6) is 0 Å². The van der Waals surface area contributed by atoms with Crippen molar-refractivity contribution < 1.29 is 0 Å². The fourth-order valence-corrected chi connectivity index (χ4v) is 1.23. The molecule has 0 aliphatic carbocycles. The predicted molar refractivity (Wildman–Crippen MR) is 43.7 cm³/mol. The maximum atomic E-state index is 3.33. The Morgan fingerprint density at radius 2 is 2.40 bits per heavy atom. The molecule has 56 valence electrons. The largest absolute Gasteiger partial charge is 0.316 e. The molecule has 1 aliphatic heterocycles. The first kappa shape index (κ1) is 7.63. The summed E-state index contributed by atoms with van der Waals surface area (Å²) in [6.45, 7) is 4.47. The number of nitrogens with one attached hydrogen (secondary N) is 1. The van der Waals surface area contributed by atoms with Crippen molar-refractivity contribution in [3.8, 4) is 11.8 Å². The molecule has 0 spiro atoms. The molecule has 1 atom stereocenters. The molecule has 1 aliphatic rings. The van der Waals surface area contributed by atoms with Crippen molar-refractivity contribution in [2.45, 2.75) is 26.2 Å². The van der Waals surface area contributed by atoms with Crippen molar-refractivity contribution >= 4 is 0 Å². The fraction of sp³-hybridized carbons (Fsp3) is 0.778. The van der Waals surface area contributed by atoms with Crippen LogP contribution in [0.2, 0.25) is 0 Å². The van der Waals surface area contributed by atoms with Crippen LogP contribution in [0.1, 0.15) is 26.2 Å². The SMILES string of the molecule is CCC#CCC1CCNC1. The van der Waals surface area contributed by atoms with Gasteiger partial charge in [-0.25, -0.2) is 0 Å². The smallest absolute Gasteiger partial charge is 0.0130 e. The monoisotopic (exact) mass is 137 g/mol. The number of rotatable bonds is 1. The van der Waals surface area contributed by atoms with Gasteiger partial charge in [-0.05, 0) is 25.4 Å². The molecule has 10 heavy (non-hydrogen) atoms. The lowest BCUT2D eigenvalue weighted by Crippen LogP contribution is -2.08. The van der Waals surface area contributed by atoms with Crippen LogP contribution in [0, 0.1) is 17.8 Å². The summed E-state index contributed by atoms with van der Waals surface area (Å²) in [5.74, 6) is 7.12. The van der Waals surface area contributed by atoms with Gasteiger partial charge in [-0.1, -0.05) is 6.92 Å². The second-order valence-electron chi connectivity index (χ2n) is 2.77.